The van der Waals surface area contributed by atoms with Crippen molar-refractivity contribution in [3.63, 3.8) is 0 Å². The molecule has 0 aromatic carbocycles. The van der Waals surface area contributed by atoms with E-state index < -0.39 is 5.97 Å². The summed E-state index contributed by atoms with van der Waals surface area (Å²) < 4.78 is 0. The molecule has 1 aromatic heterocycles. The first-order chi connectivity index (χ1) is 4.72. The topological polar surface area (TPSA) is 81.7 Å². The van der Waals surface area contributed by atoms with Gasteiger partial charge in [-0.05, 0) is 12.1 Å². The quantitative estimate of drug-likeness (QED) is 0.679. The highest BCUT2D eigenvalue weighted by Crippen LogP contribution is 2.10. The molecular weight excluding hydrogens is 170 g/mol. The van der Waals surface area contributed by atoms with Gasteiger partial charge in [0.05, 0.1) is 5.02 Å². The molecule has 0 atom stereocenters. The number of rotatable bonds is 1. The van der Waals surface area contributed by atoms with Crippen LogP contribution in [0.4, 0.5) is 0 Å². The van der Waals surface area contributed by atoms with Crippen LogP contribution in [-0.4, -0.2) is 21.5 Å². The van der Waals surface area contributed by atoms with Crippen LogP contribution in [0.2, 0.25) is 5.02 Å². The largest absolute Gasteiger partial charge is 0.476 e. The summed E-state index contributed by atoms with van der Waals surface area (Å²) in [5, 5.41) is 8.58. The van der Waals surface area contributed by atoms with Crippen LogP contribution >= 0.6 is 11.6 Å². The van der Waals surface area contributed by atoms with Crippen LogP contribution in [0.25, 0.3) is 0 Å². The number of hydrogen-bond acceptors (Lipinski definition) is 2. The second kappa shape index (κ2) is 3.90. The van der Waals surface area contributed by atoms with Crippen molar-refractivity contribution in [2.45, 2.75) is 0 Å². The number of hydrogen-bond donors (Lipinski definition) is 1. The van der Waals surface area contributed by atoms with Gasteiger partial charge in [0.15, 0.2) is 5.69 Å². The van der Waals surface area contributed by atoms with E-state index in [0.29, 0.717) is 0 Å². The lowest BCUT2D eigenvalue weighted by atomic mass is 10.3. The highest BCUT2D eigenvalue weighted by atomic mass is 35.5. The molecule has 0 aliphatic heterocycles. The van der Waals surface area contributed by atoms with Gasteiger partial charge in [-0.25, -0.2) is 9.78 Å². The number of nitrogens with zero attached hydrogens (tertiary/aromatic N) is 1. The Morgan fingerprint density at radius 1 is 1.64 bits per heavy atom. The molecule has 3 N–H and O–H groups in total. The first kappa shape index (κ1) is 9.87. The van der Waals surface area contributed by atoms with Gasteiger partial charge in [-0.1, -0.05) is 11.6 Å². The standard InChI is InChI=1S/C6H4ClNO2.H2O/c7-4-2-1-3-8-5(4)6(9)10;/h1-3H,(H,9,10);1H2. The van der Waals surface area contributed by atoms with Crippen molar-refractivity contribution in [3.05, 3.63) is 29.0 Å². The molecule has 4 nitrogen and oxygen atoms in total. The van der Waals surface area contributed by atoms with Crippen molar-refractivity contribution in [2.24, 2.45) is 0 Å². The normalized spacial score (nSPS) is 8.45. The maximum absolute atomic E-state index is 10.3. The molecule has 0 radical (unpaired) electrons. The van der Waals surface area contributed by atoms with Crippen molar-refractivity contribution < 1.29 is 15.4 Å². The van der Waals surface area contributed by atoms with E-state index in [2.05, 4.69) is 4.98 Å². The van der Waals surface area contributed by atoms with Gasteiger partial charge in [-0.15, -0.1) is 0 Å². The average molecular weight is 176 g/mol. The molecule has 0 unspecified atom stereocenters. The van der Waals surface area contributed by atoms with E-state index in [1.165, 1.54) is 12.3 Å². The Balaban J connectivity index is 0.000001000. The van der Waals surface area contributed by atoms with E-state index in [9.17, 15) is 4.79 Å². The molecule has 0 aliphatic rings. The number of halogens is 1. The second-order valence-corrected chi connectivity index (χ2v) is 2.05. The Labute approximate surface area is 67.8 Å². The molecule has 1 rings (SSSR count). The maximum Gasteiger partial charge on any atom is 0.356 e. The molecule has 0 bridgehead atoms. The summed E-state index contributed by atoms with van der Waals surface area (Å²) in [7, 11) is 0. The smallest absolute Gasteiger partial charge is 0.356 e. The molecule has 0 aliphatic carbocycles. The van der Waals surface area contributed by atoms with Gasteiger partial charge in [0.2, 0.25) is 0 Å². The van der Waals surface area contributed by atoms with Gasteiger partial charge in [0, 0.05) is 6.20 Å². The fraction of sp³-hybridized carbons (Fsp3) is 0. The number of aromatic carboxylic acids is 1. The molecule has 11 heavy (non-hydrogen) atoms. The number of aromatic nitrogens is 1. The minimum absolute atomic E-state index is 0. The second-order valence-electron chi connectivity index (χ2n) is 1.64. The van der Waals surface area contributed by atoms with Gasteiger partial charge in [0.25, 0.3) is 0 Å². The Hall–Kier alpha value is -1.13. The van der Waals surface area contributed by atoms with Gasteiger partial charge in [0.1, 0.15) is 0 Å². The molecule has 0 saturated carbocycles. The average Bonchev–Trinajstić information content (AvgIpc) is 1.88. The Kier molecular flexibility index (Phi) is 3.50. The van der Waals surface area contributed by atoms with E-state index >= 15 is 0 Å². The third-order valence-corrected chi connectivity index (χ3v) is 1.27. The SMILES string of the molecule is O.O=C(O)c1ncccc1Cl. The lowest BCUT2D eigenvalue weighted by Crippen LogP contribution is -1.99. The monoisotopic (exact) mass is 175 g/mol. The van der Waals surface area contributed by atoms with E-state index in [1.807, 2.05) is 0 Å². The first-order valence-corrected chi connectivity index (χ1v) is 2.93. The van der Waals surface area contributed by atoms with Crippen molar-refractivity contribution in [3.8, 4) is 0 Å². The van der Waals surface area contributed by atoms with Crippen LogP contribution < -0.4 is 0 Å². The lowest BCUT2D eigenvalue weighted by Gasteiger charge is -1.93. The van der Waals surface area contributed by atoms with Crippen LogP contribution in [0, 0.1) is 0 Å². The zero-order chi connectivity index (χ0) is 7.56. The van der Waals surface area contributed by atoms with Crippen LogP contribution in [0.5, 0.6) is 0 Å². The molecule has 60 valence electrons. The molecule has 0 fully saturated rings. The molecular formula is C6H6ClNO3. The summed E-state index contributed by atoms with van der Waals surface area (Å²) in [4.78, 5) is 13.8. The molecule has 0 spiro atoms. The van der Waals surface area contributed by atoms with Crippen molar-refractivity contribution in [2.75, 3.05) is 0 Å². The fourth-order valence-electron chi connectivity index (χ4n) is 0.543. The van der Waals surface area contributed by atoms with Gasteiger partial charge in [-0.3, -0.25) is 0 Å². The Morgan fingerprint density at radius 3 is 2.64 bits per heavy atom. The summed E-state index contributed by atoms with van der Waals surface area (Å²) in [6, 6.07) is 3.06. The summed E-state index contributed by atoms with van der Waals surface area (Å²) >= 11 is 5.48. The van der Waals surface area contributed by atoms with Crippen LogP contribution in [0.3, 0.4) is 0 Å². The third kappa shape index (κ3) is 2.18. The predicted octanol–water partition coefficient (Wildman–Crippen LogP) is 0.609. The first-order valence-electron chi connectivity index (χ1n) is 2.55. The van der Waals surface area contributed by atoms with Crippen LogP contribution in [-0.2, 0) is 0 Å². The van der Waals surface area contributed by atoms with Gasteiger partial charge >= 0.3 is 5.97 Å². The number of carboxylic acids is 1. The third-order valence-electron chi connectivity index (χ3n) is 0.961. The van der Waals surface area contributed by atoms with Crippen molar-refractivity contribution in [1.29, 1.82) is 0 Å². The van der Waals surface area contributed by atoms with E-state index in [-0.39, 0.29) is 16.2 Å². The lowest BCUT2D eigenvalue weighted by molar-refractivity contribution is 0.0690. The Morgan fingerprint density at radius 2 is 2.27 bits per heavy atom. The number of carbonyl (C=O) groups is 1. The molecule has 1 aromatic rings. The Bertz CT molecular complexity index is 264. The van der Waals surface area contributed by atoms with Crippen LogP contribution in [0.1, 0.15) is 10.5 Å². The highest BCUT2D eigenvalue weighted by molar-refractivity contribution is 6.33. The molecule has 5 heteroatoms. The van der Waals surface area contributed by atoms with E-state index in [4.69, 9.17) is 16.7 Å². The molecule has 0 saturated heterocycles. The zero-order valence-electron chi connectivity index (χ0n) is 5.41. The summed E-state index contributed by atoms with van der Waals surface area (Å²) in [6.45, 7) is 0. The highest BCUT2D eigenvalue weighted by Gasteiger charge is 2.07. The summed E-state index contributed by atoms with van der Waals surface area (Å²) in [6.07, 6.45) is 1.38. The summed E-state index contributed by atoms with van der Waals surface area (Å²) in [5.41, 5.74) is -0.107. The zero-order valence-corrected chi connectivity index (χ0v) is 6.17. The van der Waals surface area contributed by atoms with Crippen molar-refractivity contribution >= 4 is 17.6 Å². The minimum Gasteiger partial charge on any atom is -0.476 e. The van der Waals surface area contributed by atoms with Gasteiger partial charge < -0.3 is 10.6 Å². The van der Waals surface area contributed by atoms with Crippen molar-refractivity contribution in [1.82, 2.24) is 4.98 Å². The minimum atomic E-state index is -1.11. The van der Waals surface area contributed by atoms with E-state index in [0.717, 1.165) is 0 Å². The van der Waals surface area contributed by atoms with Gasteiger partial charge in [-0.2, -0.15) is 0 Å². The molecule has 1 heterocycles. The number of carboxylic acid groups (broad SMARTS) is 1. The van der Waals surface area contributed by atoms with Crippen LogP contribution in [0.15, 0.2) is 18.3 Å². The van der Waals surface area contributed by atoms with E-state index in [1.54, 1.807) is 6.07 Å². The molecule has 0 amide bonds. The fourth-order valence-corrected chi connectivity index (χ4v) is 0.745. The number of pyridine rings is 1. The predicted molar refractivity (Wildman–Crippen MR) is 39.8 cm³/mol. The maximum atomic E-state index is 10.3. The summed E-state index contributed by atoms with van der Waals surface area (Å²) in [5.74, 6) is -1.11.